The molecule has 3 fully saturated rings. The summed E-state index contributed by atoms with van der Waals surface area (Å²) < 4.78 is 17.0. The summed E-state index contributed by atoms with van der Waals surface area (Å²) in [4.78, 5) is 13.8. The number of rotatable bonds is 5. The van der Waals surface area contributed by atoms with Crippen molar-refractivity contribution in [2.24, 2.45) is 5.73 Å². The molecule has 3 saturated heterocycles. The Morgan fingerprint density at radius 1 is 1.14 bits per heavy atom. The molecule has 0 aromatic heterocycles. The number of carbonyl (C=O) groups is 1. The van der Waals surface area contributed by atoms with E-state index in [0.29, 0.717) is 6.61 Å². The minimum absolute atomic E-state index is 0.0146. The molecule has 0 radical (unpaired) electrons. The van der Waals surface area contributed by atoms with E-state index < -0.39 is 6.04 Å². The fourth-order valence-electron chi connectivity index (χ4n) is 3.37. The van der Waals surface area contributed by atoms with Crippen molar-refractivity contribution in [3.05, 3.63) is 0 Å². The summed E-state index contributed by atoms with van der Waals surface area (Å²) in [5, 5.41) is 0. The topological polar surface area (TPSA) is 74.0 Å². The number of nitrogens with two attached hydrogens (primary N) is 1. The lowest BCUT2D eigenvalue weighted by atomic mass is 9.91. The van der Waals surface area contributed by atoms with Gasteiger partial charge in [0.2, 0.25) is 5.91 Å². The SMILES string of the molecule is NC1C(=O)N(C2CCCCO2)C1CCOC1CCCCO1. The molecule has 120 valence electrons. The number of likely N-dealkylation sites (tertiary alicyclic amines) is 1. The van der Waals surface area contributed by atoms with Gasteiger partial charge in [-0.05, 0) is 44.9 Å². The normalized spacial score (nSPS) is 37.4. The first-order valence-electron chi connectivity index (χ1n) is 8.20. The van der Waals surface area contributed by atoms with Crippen molar-refractivity contribution < 1.29 is 19.0 Å². The highest BCUT2D eigenvalue weighted by molar-refractivity contribution is 5.89. The van der Waals surface area contributed by atoms with Gasteiger partial charge in [-0.2, -0.15) is 0 Å². The van der Waals surface area contributed by atoms with Crippen LogP contribution in [0, 0.1) is 0 Å². The summed E-state index contributed by atoms with van der Waals surface area (Å²) in [5.74, 6) is 0.0146. The summed E-state index contributed by atoms with van der Waals surface area (Å²) in [5.41, 5.74) is 5.95. The van der Waals surface area contributed by atoms with Gasteiger partial charge in [-0.25, -0.2) is 0 Å². The fraction of sp³-hybridized carbons (Fsp3) is 0.933. The maximum Gasteiger partial charge on any atom is 0.243 e. The van der Waals surface area contributed by atoms with Crippen molar-refractivity contribution in [3.8, 4) is 0 Å². The summed E-state index contributed by atoms with van der Waals surface area (Å²) >= 11 is 0. The highest BCUT2D eigenvalue weighted by Crippen LogP contribution is 2.29. The highest BCUT2D eigenvalue weighted by atomic mass is 16.7. The number of amides is 1. The number of hydrogen-bond acceptors (Lipinski definition) is 5. The lowest BCUT2D eigenvalue weighted by molar-refractivity contribution is -0.188. The van der Waals surface area contributed by atoms with Crippen molar-refractivity contribution in [3.63, 3.8) is 0 Å². The molecule has 0 aromatic carbocycles. The molecule has 1 amide bonds. The molecule has 0 spiro atoms. The predicted octanol–water partition coefficient (Wildman–Crippen LogP) is 0.984. The van der Waals surface area contributed by atoms with Crippen molar-refractivity contribution >= 4 is 5.91 Å². The molecular weight excluding hydrogens is 272 g/mol. The molecule has 4 unspecified atom stereocenters. The smallest absolute Gasteiger partial charge is 0.243 e. The molecule has 3 aliphatic rings. The van der Waals surface area contributed by atoms with Crippen LogP contribution < -0.4 is 5.73 Å². The van der Waals surface area contributed by atoms with Crippen LogP contribution >= 0.6 is 0 Å². The molecule has 6 heteroatoms. The van der Waals surface area contributed by atoms with Crippen molar-refractivity contribution in [1.82, 2.24) is 4.90 Å². The maximum atomic E-state index is 12.0. The monoisotopic (exact) mass is 298 g/mol. The van der Waals surface area contributed by atoms with E-state index in [-0.39, 0.29) is 24.5 Å². The molecular formula is C15H26N2O4. The first kappa shape index (κ1) is 15.2. The fourth-order valence-corrected chi connectivity index (χ4v) is 3.37. The van der Waals surface area contributed by atoms with Crippen LogP contribution in [0.3, 0.4) is 0 Å². The second kappa shape index (κ2) is 7.05. The Bertz CT molecular complexity index is 354. The van der Waals surface area contributed by atoms with Crippen molar-refractivity contribution in [2.75, 3.05) is 19.8 Å². The number of ether oxygens (including phenoxy) is 3. The number of β-lactam (4-membered cyclic amide) rings is 1. The summed E-state index contributed by atoms with van der Waals surface area (Å²) in [6.45, 7) is 2.11. The Labute approximate surface area is 125 Å². The largest absolute Gasteiger partial charge is 0.358 e. The van der Waals surface area contributed by atoms with Crippen LogP contribution in [0.5, 0.6) is 0 Å². The van der Waals surface area contributed by atoms with Crippen molar-refractivity contribution in [1.29, 1.82) is 0 Å². The van der Waals surface area contributed by atoms with Crippen LogP contribution in [-0.4, -0.2) is 55.2 Å². The van der Waals surface area contributed by atoms with Gasteiger partial charge in [0.25, 0.3) is 0 Å². The van der Waals surface area contributed by atoms with E-state index in [9.17, 15) is 4.79 Å². The van der Waals surface area contributed by atoms with E-state index in [1.165, 1.54) is 0 Å². The number of nitrogens with zero attached hydrogens (tertiary/aromatic N) is 1. The van der Waals surface area contributed by atoms with Gasteiger partial charge in [0.1, 0.15) is 12.3 Å². The van der Waals surface area contributed by atoms with Crippen molar-refractivity contribution in [2.45, 2.75) is 69.5 Å². The minimum atomic E-state index is -0.397. The van der Waals surface area contributed by atoms with Gasteiger partial charge in [-0.1, -0.05) is 0 Å². The van der Waals surface area contributed by atoms with Crippen LogP contribution in [0.1, 0.15) is 44.9 Å². The standard InChI is InChI=1S/C15H26N2O4/c16-14-11(7-10-21-13-6-2-4-9-20-13)17(15(14)18)12-5-1-3-8-19-12/h11-14H,1-10,16H2. The first-order valence-corrected chi connectivity index (χ1v) is 8.20. The minimum Gasteiger partial charge on any atom is -0.358 e. The molecule has 0 bridgehead atoms. The zero-order valence-corrected chi connectivity index (χ0v) is 12.5. The highest BCUT2D eigenvalue weighted by Gasteiger charge is 2.48. The Hall–Kier alpha value is -0.690. The van der Waals surface area contributed by atoms with E-state index in [0.717, 1.165) is 58.2 Å². The Kier molecular flexibility index (Phi) is 5.11. The maximum absolute atomic E-state index is 12.0. The lowest BCUT2D eigenvalue weighted by Crippen LogP contribution is -2.72. The van der Waals surface area contributed by atoms with Crippen LogP contribution in [-0.2, 0) is 19.0 Å². The zero-order chi connectivity index (χ0) is 14.7. The molecule has 4 atom stereocenters. The van der Waals surface area contributed by atoms with Gasteiger partial charge >= 0.3 is 0 Å². The number of carbonyl (C=O) groups excluding carboxylic acids is 1. The Balaban J connectivity index is 1.45. The van der Waals surface area contributed by atoms with E-state index >= 15 is 0 Å². The average molecular weight is 298 g/mol. The Morgan fingerprint density at radius 2 is 1.90 bits per heavy atom. The van der Waals surface area contributed by atoms with Gasteiger partial charge in [-0.3, -0.25) is 4.79 Å². The van der Waals surface area contributed by atoms with E-state index in [2.05, 4.69) is 0 Å². The molecule has 6 nitrogen and oxygen atoms in total. The van der Waals surface area contributed by atoms with Crippen LogP contribution in [0.2, 0.25) is 0 Å². The van der Waals surface area contributed by atoms with E-state index in [1.807, 2.05) is 4.90 Å². The molecule has 3 rings (SSSR count). The van der Waals surface area contributed by atoms with Gasteiger partial charge in [0, 0.05) is 13.2 Å². The summed E-state index contributed by atoms with van der Waals surface area (Å²) in [6.07, 6.45) is 6.95. The molecule has 0 saturated carbocycles. The first-order chi connectivity index (χ1) is 10.3. The Morgan fingerprint density at radius 3 is 2.57 bits per heavy atom. The summed E-state index contributed by atoms with van der Waals surface area (Å²) in [6, 6.07) is -0.351. The van der Waals surface area contributed by atoms with Gasteiger partial charge in [0.15, 0.2) is 6.29 Å². The predicted molar refractivity (Wildman–Crippen MR) is 76.4 cm³/mol. The zero-order valence-electron chi connectivity index (χ0n) is 12.5. The molecule has 0 aromatic rings. The van der Waals surface area contributed by atoms with E-state index in [1.54, 1.807) is 0 Å². The molecule has 2 N–H and O–H groups in total. The van der Waals surface area contributed by atoms with Crippen LogP contribution in [0.4, 0.5) is 0 Å². The van der Waals surface area contributed by atoms with Gasteiger partial charge < -0.3 is 24.8 Å². The molecule has 0 aliphatic carbocycles. The second-order valence-electron chi connectivity index (χ2n) is 6.12. The van der Waals surface area contributed by atoms with Crippen LogP contribution in [0.15, 0.2) is 0 Å². The third-order valence-electron chi connectivity index (χ3n) is 4.63. The van der Waals surface area contributed by atoms with Gasteiger partial charge in [-0.15, -0.1) is 0 Å². The van der Waals surface area contributed by atoms with E-state index in [4.69, 9.17) is 19.9 Å². The summed E-state index contributed by atoms with van der Waals surface area (Å²) in [7, 11) is 0. The molecule has 3 aliphatic heterocycles. The third kappa shape index (κ3) is 3.39. The number of hydrogen-bond donors (Lipinski definition) is 1. The second-order valence-corrected chi connectivity index (χ2v) is 6.12. The lowest BCUT2D eigenvalue weighted by Gasteiger charge is -2.50. The van der Waals surface area contributed by atoms with Gasteiger partial charge in [0.05, 0.1) is 12.6 Å². The quantitative estimate of drug-likeness (QED) is 0.766. The molecule has 21 heavy (non-hydrogen) atoms. The third-order valence-corrected chi connectivity index (χ3v) is 4.63. The van der Waals surface area contributed by atoms with Crippen LogP contribution in [0.25, 0.3) is 0 Å². The molecule has 3 heterocycles. The average Bonchev–Trinajstić information content (AvgIpc) is 2.55.